The molecule has 3 atom stereocenters. The predicted octanol–water partition coefficient (Wildman–Crippen LogP) is 2.25. The molecule has 2 aromatic rings. The number of hydrogen-bond donors (Lipinski definition) is 2. The Morgan fingerprint density at radius 2 is 2.20 bits per heavy atom. The summed E-state index contributed by atoms with van der Waals surface area (Å²) in [7, 11) is 0. The highest BCUT2D eigenvalue weighted by Crippen LogP contribution is 2.34. The predicted molar refractivity (Wildman–Crippen MR) is 97.8 cm³/mol. The van der Waals surface area contributed by atoms with Gasteiger partial charge >= 0.3 is 0 Å². The summed E-state index contributed by atoms with van der Waals surface area (Å²) in [4.78, 5) is 4.74. The third kappa shape index (κ3) is 3.69. The molecule has 3 unspecified atom stereocenters. The normalized spacial score (nSPS) is 25.3. The zero-order valence-electron chi connectivity index (χ0n) is 14.6. The van der Waals surface area contributed by atoms with Gasteiger partial charge in [0.2, 0.25) is 0 Å². The van der Waals surface area contributed by atoms with Gasteiger partial charge in [0.05, 0.1) is 30.5 Å². The molecule has 0 radical (unpaired) electrons. The quantitative estimate of drug-likeness (QED) is 0.648. The van der Waals surface area contributed by atoms with E-state index in [2.05, 4.69) is 46.9 Å². The number of nitrogens with zero attached hydrogens (tertiary/aromatic N) is 3. The van der Waals surface area contributed by atoms with Crippen molar-refractivity contribution in [3.05, 3.63) is 48.3 Å². The van der Waals surface area contributed by atoms with Gasteiger partial charge in [0.15, 0.2) is 5.96 Å². The lowest BCUT2D eigenvalue weighted by Crippen LogP contribution is -2.47. The second-order valence-corrected chi connectivity index (χ2v) is 6.67. The molecule has 2 aliphatic heterocycles. The maximum atomic E-state index is 5.92. The molecule has 6 nitrogen and oxygen atoms in total. The zero-order chi connectivity index (χ0) is 17.1. The number of fused-ring (bicyclic) bond motifs is 2. The summed E-state index contributed by atoms with van der Waals surface area (Å²) in [5.74, 6) is 0.875. The summed E-state index contributed by atoms with van der Waals surface area (Å²) >= 11 is 0. The molecule has 1 aromatic heterocycles. The van der Waals surface area contributed by atoms with Gasteiger partial charge in [0, 0.05) is 18.9 Å². The van der Waals surface area contributed by atoms with E-state index in [4.69, 9.17) is 9.73 Å². The van der Waals surface area contributed by atoms with Crippen LogP contribution in [0, 0.1) is 0 Å². The Balaban J connectivity index is 1.39. The van der Waals surface area contributed by atoms with E-state index in [1.165, 1.54) is 12.0 Å². The number of nitrogens with one attached hydrogen (secondary N) is 2. The first-order chi connectivity index (χ1) is 12.3. The van der Waals surface area contributed by atoms with Gasteiger partial charge in [-0.1, -0.05) is 12.1 Å². The van der Waals surface area contributed by atoms with Crippen molar-refractivity contribution in [2.24, 2.45) is 4.99 Å². The molecule has 3 heterocycles. The summed E-state index contributed by atoms with van der Waals surface area (Å²) in [6, 6.07) is 10.7. The minimum Gasteiger partial charge on any atom is -0.373 e. The lowest BCUT2D eigenvalue weighted by molar-refractivity contribution is 0.0992. The van der Waals surface area contributed by atoms with Gasteiger partial charge in [-0.05, 0) is 49.9 Å². The summed E-state index contributed by atoms with van der Waals surface area (Å²) in [5.41, 5.74) is 2.24. The van der Waals surface area contributed by atoms with E-state index in [1.807, 2.05) is 16.9 Å². The smallest absolute Gasteiger partial charge is 0.191 e. The van der Waals surface area contributed by atoms with Crippen LogP contribution in [0.5, 0.6) is 0 Å². The highest BCUT2D eigenvalue weighted by Gasteiger charge is 2.41. The van der Waals surface area contributed by atoms with Crippen LogP contribution in [0.2, 0.25) is 0 Å². The fraction of sp³-hybridized carbons (Fsp3) is 0.474. The summed E-state index contributed by atoms with van der Waals surface area (Å²) in [5, 5.41) is 11.1. The number of aliphatic imine (C=N–C) groups is 1. The van der Waals surface area contributed by atoms with Gasteiger partial charge in [0.1, 0.15) is 0 Å². The summed E-state index contributed by atoms with van der Waals surface area (Å²) in [6.07, 6.45) is 7.98. The average Bonchev–Trinajstić information content (AvgIpc) is 3.38. The van der Waals surface area contributed by atoms with Crippen molar-refractivity contribution in [2.75, 3.05) is 6.54 Å². The number of hydrogen-bond acceptors (Lipinski definition) is 3. The standard InChI is InChI=1S/C19H25N5O/c1-2-20-19(23-17-12-16-8-9-18(17)25-16)21-13-14-4-6-15(7-5-14)24-11-3-10-22-24/h3-7,10-11,16-18H,2,8-9,12-13H2,1H3,(H2,20,21,23). The fourth-order valence-electron chi connectivity index (χ4n) is 3.63. The molecule has 0 spiro atoms. The Labute approximate surface area is 148 Å². The summed E-state index contributed by atoms with van der Waals surface area (Å²) in [6.45, 7) is 3.59. The minimum absolute atomic E-state index is 0.349. The van der Waals surface area contributed by atoms with Crippen molar-refractivity contribution in [3.63, 3.8) is 0 Å². The molecule has 2 fully saturated rings. The van der Waals surface area contributed by atoms with Gasteiger partial charge in [-0.2, -0.15) is 5.10 Å². The molecule has 6 heteroatoms. The lowest BCUT2D eigenvalue weighted by atomic mass is 9.96. The SMILES string of the molecule is CCNC(=NCc1ccc(-n2cccn2)cc1)NC1CC2CCC1O2. The van der Waals surface area contributed by atoms with Crippen LogP contribution in [0.25, 0.3) is 5.69 Å². The van der Waals surface area contributed by atoms with Gasteiger partial charge in [-0.25, -0.2) is 9.67 Å². The van der Waals surface area contributed by atoms with Gasteiger partial charge < -0.3 is 15.4 Å². The number of rotatable bonds is 5. The first kappa shape index (κ1) is 16.1. The van der Waals surface area contributed by atoms with E-state index < -0.39 is 0 Å². The molecule has 0 amide bonds. The Hall–Kier alpha value is -2.34. The van der Waals surface area contributed by atoms with Crippen molar-refractivity contribution < 1.29 is 4.74 Å². The van der Waals surface area contributed by atoms with Crippen molar-refractivity contribution in [3.8, 4) is 5.69 Å². The molecular formula is C19H25N5O. The molecule has 4 rings (SSSR count). The number of aromatic nitrogens is 2. The maximum Gasteiger partial charge on any atom is 0.191 e. The summed E-state index contributed by atoms with van der Waals surface area (Å²) < 4.78 is 7.78. The second kappa shape index (κ2) is 7.27. The molecule has 25 heavy (non-hydrogen) atoms. The van der Waals surface area contributed by atoms with Crippen LogP contribution in [-0.2, 0) is 11.3 Å². The van der Waals surface area contributed by atoms with Crippen LogP contribution in [0.4, 0.5) is 0 Å². The van der Waals surface area contributed by atoms with E-state index >= 15 is 0 Å². The van der Waals surface area contributed by atoms with Crippen LogP contribution < -0.4 is 10.6 Å². The molecule has 0 aliphatic carbocycles. The molecule has 0 saturated carbocycles. The van der Waals surface area contributed by atoms with Crippen molar-refractivity contribution in [2.45, 2.75) is 51.0 Å². The van der Waals surface area contributed by atoms with E-state index in [0.717, 1.165) is 31.0 Å². The third-order valence-electron chi connectivity index (χ3n) is 4.90. The van der Waals surface area contributed by atoms with Crippen LogP contribution in [-0.4, -0.2) is 40.5 Å². The first-order valence-electron chi connectivity index (χ1n) is 9.11. The molecule has 2 aliphatic rings. The van der Waals surface area contributed by atoms with Crippen LogP contribution in [0.1, 0.15) is 31.7 Å². The van der Waals surface area contributed by atoms with Gasteiger partial charge in [0.25, 0.3) is 0 Å². The van der Waals surface area contributed by atoms with Crippen LogP contribution in [0.15, 0.2) is 47.7 Å². The second-order valence-electron chi connectivity index (χ2n) is 6.67. The Bertz CT molecular complexity index is 710. The van der Waals surface area contributed by atoms with Crippen LogP contribution >= 0.6 is 0 Å². The maximum absolute atomic E-state index is 5.92. The fourth-order valence-corrected chi connectivity index (χ4v) is 3.63. The Morgan fingerprint density at radius 1 is 1.32 bits per heavy atom. The zero-order valence-corrected chi connectivity index (χ0v) is 14.6. The number of ether oxygens (including phenoxy) is 1. The lowest BCUT2D eigenvalue weighted by Gasteiger charge is -2.22. The van der Waals surface area contributed by atoms with Crippen molar-refractivity contribution in [1.29, 1.82) is 0 Å². The molecular weight excluding hydrogens is 314 g/mol. The molecule has 2 bridgehead atoms. The van der Waals surface area contributed by atoms with Gasteiger partial charge in [-0.15, -0.1) is 0 Å². The molecule has 1 aromatic carbocycles. The topological polar surface area (TPSA) is 63.5 Å². The van der Waals surface area contributed by atoms with Crippen molar-refractivity contribution in [1.82, 2.24) is 20.4 Å². The van der Waals surface area contributed by atoms with E-state index in [-0.39, 0.29) is 0 Å². The van der Waals surface area contributed by atoms with E-state index in [9.17, 15) is 0 Å². The highest BCUT2D eigenvalue weighted by atomic mass is 16.5. The Morgan fingerprint density at radius 3 is 2.84 bits per heavy atom. The van der Waals surface area contributed by atoms with E-state index in [1.54, 1.807) is 6.20 Å². The number of guanidine groups is 1. The van der Waals surface area contributed by atoms with Crippen LogP contribution in [0.3, 0.4) is 0 Å². The average molecular weight is 339 g/mol. The minimum atomic E-state index is 0.349. The molecule has 2 N–H and O–H groups in total. The Kier molecular flexibility index (Phi) is 4.70. The molecule has 2 saturated heterocycles. The molecule has 132 valence electrons. The highest BCUT2D eigenvalue weighted by molar-refractivity contribution is 5.80. The first-order valence-corrected chi connectivity index (χ1v) is 9.11. The monoisotopic (exact) mass is 339 g/mol. The van der Waals surface area contributed by atoms with Crippen molar-refractivity contribution >= 4 is 5.96 Å². The van der Waals surface area contributed by atoms with Gasteiger partial charge in [-0.3, -0.25) is 0 Å². The largest absolute Gasteiger partial charge is 0.373 e. The number of benzene rings is 1. The third-order valence-corrected chi connectivity index (χ3v) is 4.90. The van der Waals surface area contributed by atoms with E-state index in [0.29, 0.717) is 24.8 Å².